The summed E-state index contributed by atoms with van der Waals surface area (Å²) in [4.78, 5) is 16.2. The van der Waals surface area contributed by atoms with Crippen LogP contribution in [0.3, 0.4) is 0 Å². The number of hydrogen-bond donors (Lipinski definition) is 2. The van der Waals surface area contributed by atoms with Crippen molar-refractivity contribution >= 4 is 50.0 Å². The van der Waals surface area contributed by atoms with Crippen LogP contribution in [0.15, 0.2) is 41.3 Å². The number of pyridine rings is 1. The van der Waals surface area contributed by atoms with Gasteiger partial charge in [0.05, 0.1) is 28.8 Å². The van der Waals surface area contributed by atoms with Crippen molar-refractivity contribution in [3.8, 4) is 0 Å². The summed E-state index contributed by atoms with van der Waals surface area (Å²) in [5.74, 6) is -0.159. The van der Waals surface area contributed by atoms with Crippen molar-refractivity contribution in [2.75, 3.05) is 5.32 Å². The number of rotatable bonds is 3. The van der Waals surface area contributed by atoms with Gasteiger partial charge in [0.15, 0.2) is 0 Å². The fourth-order valence-corrected chi connectivity index (χ4v) is 2.65. The molecule has 0 fully saturated rings. The highest BCUT2D eigenvalue weighted by Gasteiger charge is 2.12. The maximum Gasteiger partial charge on any atom is 0.228 e. The molecule has 7 heteroatoms. The van der Waals surface area contributed by atoms with Crippen molar-refractivity contribution in [2.45, 2.75) is 6.42 Å². The second-order valence-electron chi connectivity index (χ2n) is 4.44. The van der Waals surface area contributed by atoms with Gasteiger partial charge in [-0.2, -0.15) is 5.10 Å². The Morgan fingerprint density at radius 3 is 3.05 bits per heavy atom. The number of aromatic nitrogens is 3. The molecule has 2 N–H and O–H groups in total. The average Bonchev–Trinajstić information content (AvgIpc) is 2.94. The van der Waals surface area contributed by atoms with E-state index in [2.05, 4.69) is 36.4 Å². The highest BCUT2D eigenvalue weighted by atomic mass is 79.9. The lowest BCUT2D eigenvalue weighted by atomic mass is 10.2. The number of carbonyl (C=O) groups excluding carboxylic acids is 1. The minimum absolute atomic E-state index is 0.159. The van der Waals surface area contributed by atoms with E-state index >= 15 is 0 Å². The van der Waals surface area contributed by atoms with Crippen molar-refractivity contribution in [1.29, 1.82) is 0 Å². The Kier molecular flexibility index (Phi) is 3.90. The van der Waals surface area contributed by atoms with Crippen LogP contribution in [0.4, 0.5) is 5.69 Å². The summed E-state index contributed by atoms with van der Waals surface area (Å²) < 4.78 is 0.663. The van der Waals surface area contributed by atoms with Gasteiger partial charge in [0, 0.05) is 11.6 Å². The van der Waals surface area contributed by atoms with Gasteiger partial charge in [0.1, 0.15) is 4.60 Å². The van der Waals surface area contributed by atoms with Crippen LogP contribution in [0, 0.1) is 0 Å². The molecule has 0 saturated heterocycles. The van der Waals surface area contributed by atoms with Crippen LogP contribution in [-0.2, 0) is 11.2 Å². The third kappa shape index (κ3) is 2.91. The van der Waals surface area contributed by atoms with Gasteiger partial charge in [-0.05, 0) is 39.7 Å². The van der Waals surface area contributed by atoms with Crippen LogP contribution >= 0.6 is 27.5 Å². The third-order valence-corrected chi connectivity index (χ3v) is 4.14. The maximum atomic E-state index is 12.1. The van der Waals surface area contributed by atoms with Crippen LogP contribution < -0.4 is 5.32 Å². The quantitative estimate of drug-likeness (QED) is 0.697. The number of nitrogens with one attached hydrogen (secondary N) is 2. The Morgan fingerprint density at radius 2 is 2.24 bits per heavy atom. The molecular formula is C14H10BrClN4O. The van der Waals surface area contributed by atoms with E-state index in [0.717, 1.165) is 16.5 Å². The van der Waals surface area contributed by atoms with Crippen LogP contribution in [0.5, 0.6) is 0 Å². The molecule has 1 amide bonds. The fourth-order valence-electron chi connectivity index (χ4n) is 2.00. The lowest BCUT2D eigenvalue weighted by Gasteiger charge is -2.08. The minimum atomic E-state index is -0.159. The number of fused-ring (bicyclic) bond motifs is 1. The SMILES string of the molecule is O=C(Cc1cccnc1Br)Nc1ccc2[nH]ncc2c1Cl. The largest absolute Gasteiger partial charge is 0.324 e. The molecule has 0 saturated carbocycles. The lowest BCUT2D eigenvalue weighted by Crippen LogP contribution is -2.15. The first kappa shape index (κ1) is 14.0. The van der Waals surface area contributed by atoms with E-state index < -0.39 is 0 Å². The molecule has 0 radical (unpaired) electrons. The molecule has 3 aromatic rings. The van der Waals surface area contributed by atoms with Gasteiger partial charge in [-0.15, -0.1) is 0 Å². The maximum absolute atomic E-state index is 12.1. The fraction of sp³-hybridized carbons (Fsp3) is 0.0714. The van der Waals surface area contributed by atoms with Crippen molar-refractivity contribution in [3.63, 3.8) is 0 Å². The van der Waals surface area contributed by atoms with Crippen molar-refractivity contribution < 1.29 is 4.79 Å². The zero-order valence-corrected chi connectivity index (χ0v) is 13.1. The Morgan fingerprint density at radius 1 is 1.38 bits per heavy atom. The van der Waals surface area contributed by atoms with Crippen LogP contribution in [-0.4, -0.2) is 21.1 Å². The predicted octanol–water partition coefficient (Wildman–Crippen LogP) is 3.56. The number of nitrogens with zero attached hydrogens (tertiary/aromatic N) is 2. The molecule has 0 aliphatic carbocycles. The van der Waals surface area contributed by atoms with E-state index in [1.54, 1.807) is 24.5 Å². The van der Waals surface area contributed by atoms with Crippen LogP contribution in [0.25, 0.3) is 10.9 Å². The smallest absolute Gasteiger partial charge is 0.228 e. The molecule has 0 unspecified atom stereocenters. The van der Waals surface area contributed by atoms with Crippen molar-refractivity contribution in [1.82, 2.24) is 15.2 Å². The summed E-state index contributed by atoms with van der Waals surface area (Å²) in [7, 11) is 0. The lowest BCUT2D eigenvalue weighted by molar-refractivity contribution is -0.115. The summed E-state index contributed by atoms with van der Waals surface area (Å²) in [5, 5.41) is 10.8. The zero-order valence-electron chi connectivity index (χ0n) is 10.7. The molecule has 0 bridgehead atoms. The molecule has 2 heterocycles. The van der Waals surface area contributed by atoms with Crippen LogP contribution in [0.1, 0.15) is 5.56 Å². The monoisotopic (exact) mass is 364 g/mol. The summed E-state index contributed by atoms with van der Waals surface area (Å²) >= 11 is 9.59. The Hall–Kier alpha value is -1.92. The molecular weight excluding hydrogens is 356 g/mol. The number of H-pyrrole nitrogens is 1. The van der Waals surface area contributed by atoms with E-state index in [1.165, 1.54) is 0 Å². The Bertz CT molecular complexity index is 818. The minimum Gasteiger partial charge on any atom is -0.324 e. The van der Waals surface area contributed by atoms with Crippen molar-refractivity contribution in [2.24, 2.45) is 0 Å². The molecule has 0 aliphatic rings. The first-order valence-electron chi connectivity index (χ1n) is 6.16. The van der Waals surface area contributed by atoms with Gasteiger partial charge < -0.3 is 5.32 Å². The van der Waals surface area contributed by atoms with E-state index in [-0.39, 0.29) is 12.3 Å². The molecule has 106 valence electrons. The molecule has 0 spiro atoms. The molecule has 0 aliphatic heterocycles. The average molecular weight is 366 g/mol. The number of carbonyl (C=O) groups is 1. The van der Waals surface area contributed by atoms with E-state index in [0.29, 0.717) is 15.3 Å². The van der Waals surface area contributed by atoms with Gasteiger partial charge in [-0.25, -0.2) is 4.98 Å². The summed E-state index contributed by atoms with van der Waals surface area (Å²) in [6.07, 6.45) is 3.51. The van der Waals surface area contributed by atoms with Crippen LogP contribution in [0.2, 0.25) is 5.02 Å². The van der Waals surface area contributed by atoms with Gasteiger partial charge in [-0.3, -0.25) is 9.89 Å². The molecule has 2 aromatic heterocycles. The molecule has 21 heavy (non-hydrogen) atoms. The number of halogens is 2. The second-order valence-corrected chi connectivity index (χ2v) is 5.57. The first-order chi connectivity index (χ1) is 10.1. The summed E-state index contributed by atoms with van der Waals surface area (Å²) in [6.45, 7) is 0. The highest BCUT2D eigenvalue weighted by Crippen LogP contribution is 2.30. The zero-order chi connectivity index (χ0) is 14.8. The number of anilines is 1. The Balaban J connectivity index is 1.80. The number of benzene rings is 1. The normalized spacial score (nSPS) is 10.8. The topological polar surface area (TPSA) is 70.7 Å². The van der Waals surface area contributed by atoms with Crippen molar-refractivity contribution in [3.05, 3.63) is 51.8 Å². The van der Waals surface area contributed by atoms with E-state index in [4.69, 9.17) is 11.6 Å². The summed E-state index contributed by atoms with van der Waals surface area (Å²) in [6, 6.07) is 7.21. The van der Waals surface area contributed by atoms with Gasteiger partial charge in [0.2, 0.25) is 5.91 Å². The number of amides is 1. The van der Waals surface area contributed by atoms with Gasteiger partial charge in [-0.1, -0.05) is 17.7 Å². The number of aromatic amines is 1. The molecule has 1 aromatic carbocycles. The standard InChI is InChI=1S/C14H10BrClN4O/c15-14-8(2-1-5-17-14)6-12(21)19-11-4-3-10-9(13(11)16)7-18-20-10/h1-5,7H,6H2,(H,18,20)(H,19,21). The second kappa shape index (κ2) is 5.83. The van der Waals surface area contributed by atoms with E-state index in [1.807, 2.05) is 12.1 Å². The highest BCUT2D eigenvalue weighted by molar-refractivity contribution is 9.10. The van der Waals surface area contributed by atoms with Gasteiger partial charge in [0.25, 0.3) is 0 Å². The predicted molar refractivity (Wildman–Crippen MR) is 85.4 cm³/mol. The molecule has 5 nitrogen and oxygen atoms in total. The third-order valence-electron chi connectivity index (χ3n) is 3.02. The van der Waals surface area contributed by atoms with E-state index in [9.17, 15) is 4.79 Å². The Labute approximate surface area is 133 Å². The molecule has 0 atom stereocenters. The first-order valence-corrected chi connectivity index (χ1v) is 7.33. The number of hydrogen-bond acceptors (Lipinski definition) is 3. The molecule has 3 rings (SSSR count). The van der Waals surface area contributed by atoms with Gasteiger partial charge >= 0.3 is 0 Å². The summed E-state index contributed by atoms with van der Waals surface area (Å²) in [5.41, 5.74) is 2.21.